The van der Waals surface area contributed by atoms with Gasteiger partial charge in [-0.05, 0) is 24.3 Å². The third-order valence-electron chi connectivity index (χ3n) is 4.23. The molecule has 0 aromatic heterocycles. The number of nitrogens with zero attached hydrogens (tertiary/aromatic N) is 2. The van der Waals surface area contributed by atoms with Gasteiger partial charge in [0, 0.05) is 13.1 Å². The molecule has 0 radical (unpaired) electrons. The van der Waals surface area contributed by atoms with E-state index < -0.39 is 0 Å². The number of benzene rings is 2. The van der Waals surface area contributed by atoms with Crippen LogP contribution in [-0.4, -0.2) is 42.3 Å². The highest BCUT2D eigenvalue weighted by atomic mass is 16.5. The van der Waals surface area contributed by atoms with Crippen molar-refractivity contribution in [2.24, 2.45) is 0 Å². The van der Waals surface area contributed by atoms with E-state index in [0.717, 1.165) is 0 Å². The molecule has 0 saturated heterocycles. The molecule has 3 amide bonds. The summed E-state index contributed by atoms with van der Waals surface area (Å²) in [4.78, 5) is 39.7. The van der Waals surface area contributed by atoms with Gasteiger partial charge in [-0.3, -0.25) is 19.3 Å². The van der Waals surface area contributed by atoms with Crippen molar-refractivity contribution in [1.82, 2.24) is 4.90 Å². The van der Waals surface area contributed by atoms with E-state index >= 15 is 0 Å². The minimum absolute atomic E-state index is 0.0425. The maximum Gasteiger partial charge on any atom is 0.265 e. The summed E-state index contributed by atoms with van der Waals surface area (Å²) in [5, 5.41) is 0. The first kappa shape index (κ1) is 14.4. The second kappa shape index (κ2) is 5.49. The number of amides is 3. The summed E-state index contributed by atoms with van der Waals surface area (Å²) in [5.41, 5.74) is 1.48. The number of fused-ring (bicyclic) bond motifs is 2. The number of imide groups is 1. The minimum Gasteiger partial charge on any atom is -0.482 e. The van der Waals surface area contributed by atoms with Crippen molar-refractivity contribution < 1.29 is 19.1 Å². The van der Waals surface area contributed by atoms with Crippen molar-refractivity contribution in [2.75, 3.05) is 24.6 Å². The summed E-state index contributed by atoms with van der Waals surface area (Å²) in [6.45, 7) is 0.343. The van der Waals surface area contributed by atoms with Crippen LogP contribution in [0.3, 0.4) is 0 Å². The molecular weight excluding hydrogens is 308 g/mol. The summed E-state index contributed by atoms with van der Waals surface area (Å²) >= 11 is 0. The van der Waals surface area contributed by atoms with Crippen LogP contribution < -0.4 is 9.64 Å². The fraction of sp³-hybridized carbons (Fsp3) is 0.167. The first-order valence-electron chi connectivity index (χ1n) is 7.64. The van der Waals surface area contributed by atoms with E-state index in [1.54, 1.807) is 41.3 Å². The average molecular weight is 322 g/mol. The third-order valence-corrected chi connectivity index (χ3v) is 4.23. The number of ether oxygens (including phenoxy) is 1. The lowest BCUT2D eigenvalue weighted by molar-refractivity contribution is -0.121. The van der Waals surface area contributed by atoms with E-state index in [0.29, 0.717) is 22.6 Å². The molecule has 2 aromatic carbocycles. The lowest BCUT2D eigenvalue weighted by Crippen LogP contribution is -2.44. The Kier molecular flexibility index (Phi) is 3.30. The van der Waals surface area contributed by atoms with Crippen LogP contribution in [0, 0.1) is 0 Å². The Morgan fingerprint density at radius 1 is 0.792 bits per heavy atom. The van der Waals surface area contributed by atoms with Crippen LogP contribution in [0.4, 0.5) is 5.69 Å². The average Bonchev–Trinajstić information content (AvgIpc) is 2.86. The van der Waals surface area contributed by atoms with Gasteiger partial charge in [-0.2, -0.15) is 0 Å². The van der Waals surface area contributed by atoms with E-state index in [4.69, 9.17) is 4.74 Å². The van der Waals surface area contributed by atoms with Gasteiger partial charge in [0.25, 0.3) is 17.7 Å². The SMILES string of the molecule is O=C1c2ccccc2C(=O)N1CCN1C(=O)COc2ccccc21. The standard InChI is InChI=1S/C18H14N2O4/c21-16-11-24-15-8-4-3-7-14(15)19(16)9-10-20-17(22)12-5-1-2-6-13(12)18(20)23/h1-8H,9-11H2. The molecule has 24 heavy (non-hydrogen) atoms. The Balaban J connectivity index is 1.55. The molecule has 0 saturated carbocycles. The fourth-order valence-corrected chi connectivity index (χ4v) is 3.04. The summed E-state index contributed by atoms with van der Waals surface area (Å²) in [6, 6.07) is 14.0. The van der Waals surface area contributed by atoms with Crippen LogP contribution in [-0.2, 0) is 4.79 Å². The van der Waals surface area contributed by atoms with Crippen molar-refractivity contribution >= 4 is 23.4 Å². The highest BCUT2D eigenvalue weighted by molar-refractivity contribution is 6.21. The number of carbonyl (C=O) groups excluding carboxylic acids is 3. The minimum atomic E-state index is -0.315. The van der Waals surface area contributed by atoms with Crippen molar-refractivity contribution in [3.8, 4) is 5.75 Å². The molecule has 120 valence electrons. The molecule has 2 aliphatic heterocycles. The predicted molar refractivity (Wildman–Crippen MR) is 86.1 cm³/mol. The molecule has 0 bridgehead atoms. The largest absolute Gasteiger partial charge is 0.482 e. The molecule has 2 heterocycles. The Hall–Kier alpha value is -3.15. The highest BCUT2D eigenvalue weighted by Crippen LogP contribution is 2.31. The number of rotatable bonds is 3. The van der Waals surface area contributed by atoms with Gasteiger partial charge < -0.3 is 9.64 Å². The Bertz CT molecular complexity index is 827. The van der Waals surface area contributed by atoms with Crippen molar-refractivity contribution in [2.45, 2.75) is 0 Å². The van der Waals surface area contributed by atoms with Gasteiger partial charge in [-0.25, -0.2) is 0 Å². The molecule has 0 N–H and O–H groups in total. The Labute approximate surface area is 138 Å². The topological polar surface area (TPSA) is 66.9 Å². The number of hydrogen-bond acceptors (Lipinski definition) is 4. The first-order valence-corrected chi connectivity index (χ1v) is 7.64. The number of carbonyl (C=O) groups is 3. The third kappa shape index (κ3) is 2.15. The summed E-state index contributed by atoms with van der Waals surface area (Å²) in [5.74, 6) is -0.195. The van der Waals surface area contributed by atoms with Gasteiger partial charge in [-0.1, -0.05) is 24.3 Å². The monoisotopic (exact) mass is 322 g/mol. The van der Waals surface area contributed by atoms with E-state index in [2.05, 4.69) is 0 Å². The first-order chi connectivity index (χ1) is 11.7. The lowest BCUT2D eigenvalue weighted by atomic mass is 10.1. The quantitative estimate of drug-likeness (QED) is 0.807. The molecule has 6 heteroatoms. The second-order valence-corrected chi connectivity index (χ2v) is 5.61. The Morgan fingerprint density at radius 2 is 1.38 bits per heavy atom. The molecule has 0 spiro atoms. The Morgan fingerprint density at radius 3 is 2.08 bits per heavy atom. The van der Waals surface area contributed by atoms with Crippen molar-refractivity contribution in [3.63, 3.8) is 0 Å². The number of para-hydroxylation sites is 2. The molecule has 2 aromatic rings. The van der Waals surface area contributed by atoms with E-state index in [1.165, 1.54) is 4.90 Å². The van der Waals surface area contributed by atoms with E-state index in [-0.39, 0.29) is 37.4 Å². The van der Waals surface area contributed by atoms with Gasteiger partial charge in [0.2, 0.25) is 0 Å². The zero-order valence-electron chi connectivity index (χ0n) is 12.8. The van der Waals surface area contributed by atoms with Gasteiger partial charge in [0.05, 0.1) is 16.8 Å². The normalized spacial score (nSPS) is 16.1. The molecule has 0 atom stereocenters. The van der Waals surface area contributed by atoms with Crippen LogP contribution in [0.25, 0.3) is 0 Å². The number of hydrogen-bond donors (Lipinski definition) is 0. The summed E-state index contributed by atoms with van der Waals surface area (Å²) < 4.78 is 5.39. The zero-order chi connectivity index (χ0) is 16.7. The maximum absolute atomic E-state index is 12.4. The zero-order valence-corrected chi connectivity index (χ0v) is 12.8. The van der Waals surface area contributed by atoms with Crippen molar-refractivity contribution in [1.29, 1.82) is 0 Å². The van der Waals surface area contributed by atoms with Crippen LogP contribution in [0.5, 0.6) is 5.75 Å². The molecule has 2 aliphatic rings. The summed E-state index contributed by atoms with van der Waals surface area (Å²) in [7, 11) is 0. The van der Waals surface area contributed by atoms with Gasteiger partial charge in [0.15, 0.2) is 6.61 Å². The van der Waals surface area contributed by atoms with Gasteiger partial charge >= 0.3 is 0 Å². The lowest BCUT2D eigenvalue weighted by Gasteiger charge is -2.30. The maximum atomic E-state index is 12.4. The predicted octanol–water partition coefficient (Wildman–Crippen LogP) is 1.71. The fourth-order valence-electron chi connectivity index (χ4n) is 3.04. The van der Waals surface area contributed by atoms with Crippen LogP contribution in [0.15, 0.2) is 48.5 Å². The smallest absolute Gasteiger partial charge is 0.265 e. The number of anilines is 1. The van der Waals surface area contributed by atoms with Gasteiger partial charge in [0.1, 0.15) is 5.75 Å². The molecule has 6 nitrogen and oxygen atoms in total. The van der Waals surface area contributed by atoms with Crippen molar-refractivity contribution in [3.05, 3.63) is 59.7 Å². The van der Waals surface area contributed by atoms with Crippen LogP contribution in [0.2, 0.25) is 0 Å². The molecule has 0 aliphatic carbocycles. The second-order valence-electron chi connectivity index (χ2n) is 5.61. The van der Waals surface area contributed by atoms with Crippen LogP contribution >= 0.6 is 0 Å². The summed E-state index contributed by atoms with van der Waals surface area (Å²) in [6.07, 6.45) is 0. The molecule has 0 unspecified atom stereocenters. The molecular formula is C18H14N2O4. The molecule has 0 fully saturated rings. The van der Waals surface area contributed by atoms with E-state index in [9.17, 15) is 14.4 Å². The highest BCUT2D eigenvalue weighted by Gasteiger charge is 2.36. The van der Waals surface area contributed by atoms with Gasteiger partial charge in [-0.15, -0.1) is 0 Å². The molecule has 4 rings (SSSR count). The van der Waals surface area contributed by atoms with Crippen LogP contribution in [0.1, 0.15) is 20.7 Å². The van der Waals surface area contributed by atoms with E-state index in [1.807, 2.05) is 12.1 Å².